The fourth-order valence-corrected chi connectivity index (χ4v) is 5.41. The van der Waals surface area contributed by atoms with Crippen molar-refractivity contribution in [3.8, 4) is 0 Å². The lowest BCUT2D eigenvalue weighted by atomic mass is 9.86. The first-order valence-electron chi connectivity index (χ1n) is 10.7. The smallest absolute Gasteiger partial charge is 0.280 e. The number of para-hydroxylation sites is 1. The summed E-state index contributed by atoms with van der Waals surface area (Å²) in [5, 5.41) is 4.22. The third-order valence-electron chi connectivity index (χ3n) is 6.71. The molecule has 1 aromatic carbocycles. The highest BCUT2D eigenvalue weighted by Gasteiger charge is 2.47. The van der Waals surface area contributed by atoms with Crippen LogP contribution in [-0.4, -0.2) is 47.5 Å². The molecule has 0 saturated carbocycles. The molecule has 0 spiro atoms. The first kappa shape index (κ1) is 27.2. The second-order valence-electron chi connectivity index (χ2n) is 8.46. The third-order valence-corrected chi connectivity index (χ3v) is 6.71. The highest BCUT2D eigenvalue weighted by Crippen LogP contribution is 2.45. The largest absolute Gasteiger partial charge is 0.440 e. The number of hydrogen-bond acceptors (Lipinski definition) is 6. The summed E-state index contributed by atoms with van der Waals surface area (Å²) < 4.78 is 34.3. The molecule has 2 bridgehead atoms. The van der Waals surface area contributed by atoms with Crippen molar-refractivity contribution in [1.29, 1.82) is 0 Å². The molecular formula is C22H26F2N6O2S3. The summed E-state index contributed by atoms with van der Waals surface area (Å²) in [7, 11) is 0. The molecule has 1 amide bonds. The average Bonchev–Trinajstić information content (AvgIpc) is 3.47. The number of carbonyl (C=O) groups is 1. The monoisotopic (exact) mass is 540 g/mol. The molecule has 0 N–H and O–H groups in total. The number of halogens is 2. The lowest BCUT2D eigenvalue weighted by molar-refractivity contribution is 0.0554. The van der Waals surface area contributed by atoms with Gasteiger partial charge in [-0.25, -0.2) is 23.3 Å². The van der Waals surface area contributed by atoms with Crippen LogP contribution in [0, 0.1) is 6.92 Å². The van der Waals surface area contributed by atoms with Gasteiger partial charge in [-0.3, -0.25) is 4.79 Å². The van der Waals surface area contributed by atoms with Gasteiger partial charge in [-0.2, -0.15) is 50.6 Å². The molecule has 2 aliphatic heterocycles. The Hall–Kier alpha value is -2.38. The van der Waals surface area contributed by atoms with E-state index in [4.69, 9.17) is 4.42 Å². The maximum Gasteiger partial charge on any atom is 0.280 e. The van der Waals surface area contributed by atoms with Crippen LogP contribution in [0.3, 0.4) is 0 Å². The highest BCUT2D eigenvalue weighted by atomic mass is 32.1. The van der Waals surface area contributed by atoms with Crippen LogP contribution in [0.1, 0.15) is 65.7 Å². The number of piperidine rings is 1. The summed E-state index contributed by atoms with van der Waals surface area (Å²) in [4.78, 5) is 27.9. The van der Waals surface area contributed by atoms with Gasteiger partial charge in [0.15, 0.2) is 11.5 Å². The predicted molar refractivity (Wildman–Crippen MR) is 141 cm³/mol. The Kier molecular flexibility index (Phi) is 8.02. The van der Waals surface area contributed by atoms with E-state index in [2.05, 4.69) is 20.1 Å². The number of benzene rings is 1. The van der Waals surface area contributed by atoms with Gasteiger partial charge in [0.25, 0.3) is 18.1 Å². The number of aromatic nitrogens is 5. The van der Waals surface area contributed by atoms with Crippen LogP contribution in [0.4, 0.5) is 8.78 Å². The van der Waals surface area contributed by atoms with E-state index in [0.717, 1.165) is 25.7 Å². The number of nitrogens with zero attached hydrogens (tertiary/aromatic N) is 6. The molecule has 13 heteroatoms. The average molecular weight is 541 g/mol. The van der Waals surface area contributed by atoms with Gasteiger partial charge in [0, 0.05) is 24.9 Å². The van der Waals surface area contributed by atoms with Crippen LogP contribution in [0.15, 0.2) is 35.0 Å². The van der Waals surface area contributed by atoms with Crippen molar-refractivity contribution in [1.82, 2.24) is 29.5 Å². The lowest BCUT2D eigenvalue weighted by Crippen LogP contribution is -2.47. The van der Waals surface area contributed by atoms with Crippen LogP contribution in [0.25, 0.3) is 16.9 Å². The molecule has 8 nitrogen and oxygen atoms in total. The molecule has 0 unspecified atom stereocenters. The van der Waals surface area contributed by atoms with E-state index in [9.17, 15) is 13.6 Å². The minimum absolute atomic E-state index is 0. The summed E-state index contributed by atoms with van der Waals surface area (Å²) >= 11 is 0. The molecule has 35 heavy (non-hydrogen) atoms. The molecule has 3 atom stereocenters. The number of fused-ring (bicyclic) bond motifs is 4. The van der Waals surface area contributed by atoms with Gasteiger partial charge in [-0.05, 0) is 43.9 Å². The maximum atomic E-state index is 13.7. The Labute approximate surface area is 220 Å². The van der Waals surface area contributed by atoms with E-state index >= 15 is 0 Å². The molecule has 2 fully saturated rings. The molecule has 2 saturated heterocycles. The molecule has 3 aromatic heterocycles. The zero-order valence-electron chi connectivity index (χ0n) is 18.8. The summed E-state index contributed by atoms with van der Waals surface area (Å²) in [6, 6.07) is 6.79. The Morgan fingerprint density at radius 1 is 1.11 bits per heavy atom. The van der Waals surface area contributed by atoms with Crippen LogP contribution < -0.4 is 0 Å². The van der Waals surface area contributed by atoms with Crippen molar-refractivity contribution in [3.05, 3.63) is 53.4 Å². The van der Waals surface area contributed by atoms with Crippen molar-refractivity contribution >= 4 is 63.3 Å². The molecule has 0 radical (unpaired) electrons. The van der Waals surface area contributed by atoms with Crippen LogP contribution in [0.2, 0.25) is 0 Å². The van der Waals surface area contributed by atoms with Crippen LogP contribution >= 0.6 is 40.5 Å². The van der Waals surface area contributed by atoms with Crippen molar-refractivity contribution in [2.75, 3.05) is 0 Å². The summed E-state index contributed by atoms with van der Waals surface area (Å²) in [6.45, 7) is 1.75. The van der Waals surface area contributed by atoms with Crippen LogP contribution in [-0.2, 0) is 0 Å². The van der Waals surface area contributed by atoms with Gasteiger partial charge in [-0.1, -0.05) is 6.07 Å². The SMILES string of the molecule is Cc1nc2cccc(C(=O)N3[C@H]4CC[C@H](c5cc(C(F)F)nc6ncnn56)[C@@H]3CC4)c2o1.S.S.S. The number of hydrogen-bond donors (Lipinski definition) is 0. The number of aryl methyl sites for hydroxylation is 1. The zero-order chi connectivity index (χ0) is 22.0. The molecule has 188 valence electrons. The van der Waals surface area contributed by atoms with Crippen molar-refractivity contribution in [2.24, 2.45) is 0 Å². The van der Waals surface area contributed by atoms with Gasteiger partial charge in [-0.15, -0.1) is 0 Å². The standard InChI is InChI=1S/C22H20F2N6O2.3H2S/c1-11-27-15-4-2-3-14(19(15)32-11)21(31)29-12-5-7-13(17(29)8-6-12)18-9-16(20(23)24)28-22-25-10-26-30(18)22;;;/h2-4,9-10,12-13,17,20H,5-8H2,1H3;3*1H2/t12-,13-,17-;;;/m0.../s1. The van der Waals surface area contributed by atoms with Gasteiger partial charge in [0.05, 0.1) is 11.3 Å². The minimum atomic E-state index is -2.71. The summed E-state index contributed by atoms with van der Waals surface area (Å²) in [6.07, 6.45) is 1.87. The van der Waals surface area contributed by atoms with E-state index < -0.39 is 6.43 Å². The maximum absolute atomic E-state index is 13.7. The highest BCUT2D eigenvalue weighted by molar-refractivity contribution is 7.59. The minimum Gasteiger partial charge on any atom is -0.440 e. The fraction of sp³-hybridized carbons (Fsp3) is 0.409. The molecule has 5 heterocycles. The lowest BCUT2D eigenvalue weighted by Gasteiger charge is -2.40. The van der Waals surface area contributed by atoms with E-state index in [0.29, 0.717) is 28.2 Å². The van der Waals surface area contributed by atoms with Gasteiger partial charge in [0.1, 0.15) is 17.5 Å². The van der Waals surface area contributed by atoms with Gasteiger partial charge >= 0.3 is 0 Å². The first-order chi connectivity index (χ1) is 15.5. The summed E-state index contributed by atoms with van der Waals surface area (Å²) in [5.41, 5.74) is 1.92. The van der Waals surface area contributed by atoms with Crippen molar-refractivity contribution in [3.63, 3.8) is 0 Å². The van der Waals surface area contributed by atoms with Crippen molar-refractivity contribution < 1.29 is 18.0 Å². The Morgan fingerprint density at radius 2 is 1.89 bits per heavy atom. The molecule has 6 rings (SSSR count). The normalized spacial score (nSPS) is 21.0. The van der Waals surface area contributed by atoms with Crippen LogP contribution in [0.5, 0.6) is 0 Å². The predicted octanol–water partition coefficient (Wildman–Crippen LogP) is 4.40. The third kappa shape index (κ3) is 4.38. The second kappa shape index (κ2) is 10.3. The van der Waals surface area contributed by atoms with E-state index in [1.165, 1.54) is 16.9 Å². The number of alkyl halides is 2. The van der Waals surface area contributed by atoms with E-state index in [1.54, 1.807) is 19.1 Å². The first-order valence-corrected chi connectivity index (χ1v) is 10.7. The number of carbonyl (C=O) groups excluding carboxylic acids is 1. The Balaban J connectivity index is 0.00000114. The fourth-order valence-electron chi connectivity index (χ4n) is 5.41. The number of rotatable bonds is 3. The van der Waals surface area contributed by atoms with Crippen molar-refractivity contribution in [2.45, 2.75) is 57.0 Å². The Bertz CT molecular complexity index is 1360. The quantitative estimate of drug-likeness (QED) is 0.383. The van der Waals surface area contributed by atoms with E-state index in [1.807, 2.05) is 11.0 Å². The molecule has 0 aliphatic carbocycles. The molecular weight excluding hydrogens is 514 g/mol. The molecule has 2 aliphatic rings. The molecule has 4 aromatic rings. The van der Waals surface area contributed by atoms with Gasteiger partial charge < -0.3 is 9.32 Å². The van der Waals surface area contributed by atoms with Gasteiger partial charge in [0.2, 0.25) is 0 Å². The number of oxazole rings is 1. The van der Waals surface area contributed by atoms with E-state index in [-0.39, 0.29) is 75.9 Å². The zero-order valence-corrected chi connectivity index (χ0v) is 21.8. The second-order valence-corrected chi connectivity index (χ2v) is 8.46. The summed E-state index contributed by atoms with van der Waals surface area (Å²) in [5.74, 6) is 0.405. The Morgan fingerprint density at radius 3 is 2.66 bits per heavy atom. The topological polar surface area (TPSA) is 89.4 Å². The number of amides is 1.